The van der Waals surface area contributed by atoms with E-state index in [1.807, 2.05) is 13.0 Å². The van der Waals surface area contributed by atoms with Crippen LogP contribution in [-0.2, 0) is 9.53 Å². The van der Waals surface area contributed by atoms with Crippen molar-refractivity contribution in [3.8, 4) is 0 Å². The van der Waals surface area contributed by atoms with E-state index in [0.29, 0.717) is 17.3 Å². The number of nitrogens with one attached hydrogen (secondary N) is 2. The van der Waals surface area contributed by atoms with E-state index in [2.05, 4.69) is 10.6 Å². The van der Waals surface area contributed by atoms with Gasteiger partial charge in [-0.1, -0.05) is 24.5 Å². The summed E-state index contributed by atoms with van der Waals surface area (Å²) in [6.45, 7) is 2.15. The second kappa shape index (κ2) is 7.22. The van der Waals surface area contributed by atoms with Gasteiger partial charge >= 0.3 is 5.97 Å². The number of methoxy groups -OCH3 is 1. The monoisotopic (exact) mass is 290 g/mol. The van der Waals surface area contributed by atoms with Gasteiger partial charge in [0.25, 0.3) is 0 Å². The number of amides is 1. The first-order valence-electron chi connectivity index (χ1n) is 7.32. The Morgan fingerprint density at radius 1 is 1.29 bits per heavy atom. The summed E-state index contributed by atoms with van der Waals surface area (Å²) in [5, 5.41) is 6.02. The van der Waals surface area contributed by atoms with E-state index < -0.39 is 5.97 Å². The van der Waals surface area contributed by atoms with Gasteiger partial charge in [-0.05, 0) is 31.9 Å². The Hall–Kier alpha value is -1.88. The summed E-state index contributed by atoms with van der Waals surface area (Å²) < 4.78 is 4.75. The van der Waals surface area contributed by atoms with Crippen molar-refractivity contribution in [3.63, 3.8) is 0 Å². The molecule has 1 saturated carbocycles. The molecule has 5 nitrogen and oxygen atoms in total. The SMILES string of the molecule is COC(=O)c1cc(C)ccc1NC(=O)CNC1CCCC1. The van der Waals surface area contributed by atoms with E-state index in [4.69, 9.17) is 4.74 Å². The molecule has 1 fully saturated rings. The fourth-order valence-corrected chi connectivity index (χ4v) is 2.61. The van der Waals surface area contributed by atoms with Crippen molar-refractivity contribution in [2.24, 2.45) is 0 Å². The molecule has 0 atom stereocenters. The van der Waals surface area contributed by atoms with Crippen LogP contribution in [-0.4, -0.2) is 31.6 Å². The third kappa shape index (κ3) is 4.29. The zero-order valence-electron chi connectivity index (χ0n) is 12.6. The maximum Gasteiger partial charge on any atom is 0.339 e. The average Bonchev–Trinajstić information content (AvgIpc) is 2.99. The van der Waals surface area contributed by atoms with E-state index in [1.54, 1.807) is 12.1 Å². The highest BCUT2D eigenvalue weighted by atomic mass is 16.5. The van der Waals surface area contributed by atoms with Crippen LogP contribution >= 0.6 is 0 Å². The highest BCUT2D eigenvalue weighted by Crippen LogP contribution is 2.19. The second-order valence-corrected chi connectivity index (χ2v) is 5.45. The Labute approximate surface area is 125 Å². The predicted octanol–water partition coefficient (Wildman–Crippen LogP) is 2.25. The van der Waals surface area contributed by atoms with Gasteiger partial charge in [0.2, 0.25) is 5.91 Å². The molecular weight excluding hydrogens is 268 g/mol. The fourth-order valence-electron chi connectivity index (χ4n) is 2.61. The molecule has 0 heterocycles. The second-order valence-electron chi connectivity index (χ2n) is 5.45. The molecule has 1 aromatic carbocycles. The number of aryl methyl sites for hydroxylation is 1. The van der Waals surface area contributed by atoms with Crippen molar-refractivity contribution in [3.05, 3.63) is 29.3 Å². The van der Waals surface area contributed by atoms with Crippen molar-refractivity contribution >= 4 is 17.6 Å². The lowest BCUT2D eigenvalue weighted by Crippen LogP contribution is -2.34. The van der Waals surface area contributed by atoms with Crippen molar-refractivity contribution in [1.82, 2.24) is 5.32 Å². The minimum absolute atomic E-state index is 0.143. The molecule has 21 heavy (non-hydrogen) atoms. The summed E-state index contributed by atoms with van der Waals surface area (Å²) in [5.74, 6) is -0.589. The van der Waals surface area contributed by atoms with Crippen LogP contribution in [0.5, 0.6) is 0 Å². The summed E-state index contributed by atoms with van der Waals surface area (Å²) >= 11 is 0. The van der Waals surface area contributed by atoms with Crippen molar-refractivity contribution in [1.29, 1.82) is 0 Å². The Morgan fingerprint density at radius 3 is 2.67 bits per heavy atom. The zero-order valence-corrected chi connectivity index (χ0v) is 12.6. The first kappa shape index (κ1) is 15.5. The topological polar surface area (TPSA) is 67.4 Å². The Balaban J connectivity index is 1.97. The van der Waals surface area contributed by atoms with Crippen LogP contribution in [0.4, 0.5) is 5.69 Å². The number of anilines is 1. The van der Waals surface area contributed by atoms with Crippen molar-refractivity contribution in [2.75, 3.05) is 19.0 Å². The fraction of sp³-hybridized carbons (Fsp3) is 0.500. The smallest absolute Gasteiger partial charge is 0.339 e. The highest BCUT2D eigenvalue weighted by Gasteiger charge is 2.17. The van der Waals surface area contributed by atoms with E-state index in [0.717, 1.165) is 18.4 Å². The molecule has 1 aliphatic rings. The van der Waals surface area contributed by atoms with Gasteiger partial charge in [0.1, 0.15) is 0 Å². The summed E-state index contributed by atoms with van der Waals surface area (Å²) in [6.07, 6.45) is 4.71. The molecule has 0 saturated heterocycles. The third-order valence-electron chi connectivity index (χ3n) is 3.76. The molecule has 2 rings (SSSR count). The lowest BCUT2D eigenvalue weighted by Gasteiger charge is -2.13. The van der Waals surface area contributed by atoms with Crippen LogP contribution in [0.3, 0.4) is 0 Å². The number of hydrogen-bond donors (Lipinski definition) is 2. The molecule has 1 aliphatic carbocycles. The number of carbonyl (C=O) groups excluding carboxylic acids is 2. The van der Waals surface area contributed by atoms with E-state index in [1.165, 1.54) is 20.0 Å². The first-order valence-corrected chi connectivity index (χ1v) is 7.32. The van der Waals surface area contributed by atoms with Crippen LogP contribution in [0, 0.1) is 6.92 Å². The molecule has 2 N–H and O–H groups in total. The van der Waals surface area contributed by atoms with Gasteiger partial charge in [-0.15, -0.1) is 0 Å². The number of esters is 1. The minimum Gasteiger partial charge on any atom is -0.465 e. The van der Waals surface area contributed by atoms with Gasteiger partial charge in [0.15, 0.2) is 0 Å². The normalized spacial score (nSPS) is 15.0. The van der Waals surface area contributed by atoms with Gasteiger partial charge in [0, 0.05) is 6.04 Å². The molecule has 0 spiro atoms. The molecule has 0 radical (unpaired) electrons. The quantitative estimate of drug-likeness (QED) is 0.816. The number of hydrogen-bond acceptors (Lipinski definition) is 4. The van der Waals surface area contributed by atoms with Gasteiger partial charge in [-0.25, -0.2) is 4.79 Å². The first-order chi connectivity index (χ1) is 10.1. The number of ether oxygens (including phenoxy) is 1. The molecule has 1 amide bonds. The lowest BCUT2D eigenvalue weighted by molar-refractivity contribution is -0.115. The predicted molar refractivity (Wildman–Crippen MR) is 81.4 cm³/mol. The molecule has 0 aromatic heterocycles. The lowest BCUT2D eigenvalue weighted by atomic mass is 10.1. The van der Waals surface area contributed by atoms with Gasteiger partial charge in [0.05, 0.1) is 24.9 Å². The Bertz CT molecular complexity index is 522. The zero-order chi connectivity index (χ0) is 15.2. The summed E-state index contributed by atoms with van der Waals surface area (Å²) in [7, 11) is 1.33. The summed E-state index contributed by atoms with van der Waals surface area (Å²) in [4.78, 5) is 23.7. The standard InChI is InChI=1S/C16H22N2O3/c1-11-7-8-14(13(9-11)16(20)21-2)18-15(19)10-17-12-5-3-4-6-12/h7-9,12,17H,3-6,10H2,1-2H3,(H,18,19). The Kier molecular flexibility index (Phi) is 5.33. The molecule has 114 valence electrons. The van der Waals surface area contributed by atoms with Gasteiger partial charge in [-0.3, -0.25) is 4.79 Å². The van der Waals surface area contributed by atoms with Gasteiger partial charge in [-0.2, -0.15) is 0 Å². The molecule has 0 bridgehead atoms. The molecule has 1 aromatic rings. The minimum atomic E-state index is -0.447. The maximum absolute atomic E-state index is 12.0. The van der Waals surface area contributed by atoms with Crippen LogP contribution < -0.4 is 10.6 Å². The maximum atomic E-state index is 12.0. The van der Waals surface area contributed by atoms with E-state index in [9.17, 15) is 9.59 Å². The molecular formula is C16H22N2O3. The van der Waals surface area contributed by atoms with Gasteiger partial charge < -0.3 is 15.4 Å². The van der Waals surface area contributed by atoms with Crippen LogP contribution in [0.1, 0.15) is 41.6 Å². The van der Waals surface area contributed by atoms with Crippen LogP contribution in [0.15, 0.2) is 18.2 Å². The largest absolute Gasteiger partial charge is 0.465 e. The average molecular weight is 290 g/mol. The molecule has 0 unspecified atom stereocenters. The molecule has 0 aliphatic heterocycles. The van der Waals surface area contributed by atoms with Crippen LogP contribution in [0.25, 0.3) is 0 Å². The van der Waals surface area contributed by atoms with Crippen LogP contribution in [0.2, 0.25) is 0 Å². The highest BCUT2D eigenvalue weighted by molar-refractivity contribution is 6.01. The molecule has 5 heteroatoms. The third-order valence-corrected chi connectivity index (χ3v) is 3.76. The number of carbonyl (C=O) groups is 2. The summed E-state index contributed by atoms with van der Waals surface area (Å²) in [5.41, 5.74) is 1.81. The summed E-state index contributed by atoms with van der Waals surface area (Å²) in [6, 6.07) is 5.74. The van der Waals surface area contributed by atoms with E-state index in [-0.39, 0.29) is 12.5 Å². The number of rotatable bonds is 5. The van der Waals surface area contributed by atoms with Crippen molar-refractivity contribution in [2.45, 2.75) is 38.6 Å². The van der Waals surface area contributed by atoms with E-state index >= 15 is 0 Å². The number of benzene rings is 1. The Morgan fingerprint density at radius 2 is 2.00 bits per heavy atom. The van der Waals surface area contributed by atoms with Crippen molar-refractivity contribution < 1.29 is 14.3 Å².